The molecule has 2 aliphatic heterocycles. The van der Waals surface area contributed by atoms with Crippen molar-refractivity contribution < 1.29 is 15.3 Å². The summed E-state index contributed by atoms with van der Waals surface area (Å²) in [6.07, 6.45) is 1.26. The van der Waals surface area contributed by atoms with E-state index in [0.717, 1.165) is 19.5 Å². The van der Waals surface area contributed by atoms with Crippen molar-refractivity contribution >= 4 is 0 Å². The van der Waals surface area contributed by atoms with Crippen LogP contribution in [0.2, 0.25) is 0 Å². The smallest absolute Gasteiger partial charge is 0.113 e. The van der Waals surface area contributed by atoms with E-state index in [4.69, 9.17) is 0 Å². The quantitative estimate of drug-likeness (QED) is 0.645. The van der Waals surface area contributed by atoms with Crippen LogP contribution in [0, 0.1) is 12.3 Å². The van der Waals surface area contributed by atoms with Gasteiger partial charge in [0.1, 0.15) is 6.23 Å². The van der Waals surface area contributed by atoms with E-state index in [9.17, 15) is 15.3 Å². The monoisotopic (exact) mass is 320 g/mol. The van der Waals surface area contributed by atoms with Crippen LogP contribution in [0.1, 0.15) is 36.4 Å². The topological polar surface area (TPSA) is 76.0 Å². The maximum absolute atomic E-state index is 10.9. The largest absolute Gasteiger partial charge is 0.396 e. The molecule has 2 aliphatic rings. The summed E-state index contributed by atoms with van der Waals surface area (Å²) in [6.45, 7) is 3.84. The highest BCUT2D eigenvalue weighted by atomic mass is 16.3. The molecular formula is C18H28N2O3. The summed E-state index contributed by atoms with van der Waals surface area (Å²) in [5, 5.41) is 33.5. The Labute approximate surface area is 137 Å². The maximum Gasteiger partial charge on any atom is 0.113 e. The summed E-state index contributed by atoms with van der Waals surface area (Å²) >= 11 is 0. The Balaban J connectivity index is 1.91. The molecule has 3 atom stereocenters. The molecule has 3 rings (SSSR count). The number of hydrogen-bond donors (Lipinski definition) is 4. The van der Waals surface area contributed by atoms with Gasteiger partial charge in [-0.1, -0.05) is 24.3 Å². The Bertz CT molecular complexity index is 531. The molecule has 23 heavy (non-hydrogen) atoms. The molecule has 0 aliphatic carbocycles. The maximum atomic E-state index is 10.9. The van der Waals surface area contributed by atoms with Crippen LogP contribution in [0.25, 0.3) is 0 Å². The molecule has 2 fully saturated rings. The molecule has 0 radical (unpaired) electrons. The molecule has 0 saturated carbocycles. The van der Waals surface area contributed by atoms with Gasteiger partial charge in [0.15, 0.2) is 0 Å². The van der Waals surface area contributed by atoms with Crippen LogP contribution in [-0.4, -0.2) is 58.8 Å². The minimum Gasteiger partial charge on any atom is -0.396 e. The number of rotatable bonds is 5. The van der Waals surface area contributed by atoms with Crippen LogP contribution >= 0.6 is 0 Å². The van der Waals surface area contributed by atoms with Gasteiger partial charge in [0.25, 0.3) is 0 Å². The molecule has 0 spiro atoms. The van der Waals surface area contributed by atoms with Gasteiger partial charge < -0.3 is 20.6 Å². The third kappa shape index (κ3) is 2.92. The molecule has 1 aromatic rings. The standard InChI is InChI=1S/C18H28N2O3/c1-13-4-2-3-5-14(13)16-15-12-18(6-10-21,7-11-22)17(23)20(15)9-8-19-16/h2-5,15-17,19,21-23H,6-12H2,1H3. The van der Waals surface area contributed by atoms with Crippen LogP contribution < -0.4 is 5.32 Å². The number of aliphatic hydroxyl groups excluding tert-OH is 3. The fourth-order valence-corrected chi connectivity index (χ4v) is 4.54. The molecule has 5 nitrogen and oxygen atoms in total. The highest BCUT2D eigenvalue weighted by Crippen LogP contribution is 2.49. The third-order valence-corrected chi connectivity index (χ3v) is 5.77. The van der Waals surface area contributed by atoms with E-state index in [2.05, 4.69) is 35.3 Å². The van der Waals surface area contributed by atoms with Gasteiger partial charge in [0.2, 0.25) is 0 Å². The molecule has 1 aromatic carbocycles. The Morgan fingerprint density at radius 2 is 1.91 bits per heavy atom. The van der Waals surface area contributed by atoms with Crippen molar-refractivity contribution in [3.8, 4) is 0 Å². The van der Waals surface area contributed by atoms with Gasteiger partial charge in [-0.2, -0.15) is 0 Å². The van der Waals surface area contributed by atoms with E-state index in [1.165, 1.54) is 11.1 Å². The molecule has 2 saturated heterocycles. The van der Waals surface area contributed by atoms with Crippen molar-refractivity contribution in [2.45, 2.75) is 44.5 Å². The van der Waals surface area contributed by atoms with E-state index in [-0.39, 0.29) is 25.3 Å². The number of piperazine rings is 1. The fourth-order valence-electron chi connectivity index (χ4n) is 4.54. The second kappa shape index (κ2) is 6.87. The van der Waals surface area contributed by atoms with E-state index < -0.39 is 11.6 Å². The first-order valence-electron chi connectivity index (χ1n) is 8.57. The summed E-state index contributed by atoms with van der Waals surface area (Å²) in [7, 11) is 0. The number of aliphatic hydroxyl groups is 3. The van der Waals surface area contributed by atoms with Gasteiger partial charge in [0.05, 0.1) is 0 Å². The van der Waals surface area contributed by atoms with E-state index in [1.807, 2.05) is 6.07 Å². The fraction of sp³-hybridized carbons (Fsp3) is 0.667. The first kappa shape index (κ1) is 16.9. The second-order valence-corrected chi connectivity index (χ2v) is 6.98. The lowest BCUT2D eigenvalue weighted by molar-refractivity contribution is -0.0724. The van der Waals surface area contributed by atoms with Crippen molar-refractivity contribution in [2.75, 3.05) is 26.3 Å². The Morgan fingerprint density at radius 1 is 1.22 bits per heavy atom. The molecule has 128 valence electrons. The van der Waals surface area contributed by atoms with Crippen molar-refractivity contribution in [3.05, 3.63) is 35.4 Å². The zero-order valence-electron chi connectivity index (χ0n) is 13.8. The average molecular weight is 320 g/mol. The molecule has 4 N–H and O–H groups in total. The first-order chi connectivity index (χ1) is 11.1. The number of hydrogen-bond acceptors (Lipinski definition) is 5. The van der Waals surface area contributed by atoms with Crippen LogP contribution in [0.3, 0.4) is 0 Å². The lowest BCUT2D eigenvalue weighted by atomic mass is 9.76. The van der Waals surface area contributed by atoms with Crippen LogP contribution in [0.4, 0.5) is 0 Å². The predicted octanol–water partition coefficient (Wildman–Crippen LogP) is 0.783. The Hall–Kier alpha value is -0.980. The van der Waals surface area contributed by atoms with Gasteiger partial charge >= 0.3 is 0 Å². The third-order valence-electron chi connectivity index (χ3n) is 5.77. The van der Waals surface area contributed by atoms with E-state index >= 15 is 0 Å². The molecule has 2 heterocycles. The number of nitrogens with one attached hydrogen (secondary N) is 1. The van der Waals surface area contributed by atoms with Gasteiger partial charge in [-0.3, -0.25) is 4.90 Å². The Morgan fingerprint density at radius 3 is 2.57 bits per heavy atom. The average Bonchev–Trinajstić information content (AvgIpc) is 2.82. The summed E-state index contributed by atoms with van der Waals surface area (Å²) in [4.78, 5) is 2.17. The molecule has 3 unspecified atom stereocenters. The summed E-state index contributed by atoms with van der Waals surface area (Å²) in [5.41, 5.74) is 2.11. The second-order valence-electron chi connectivity index (χ2n) is 6.98. The van der Waals surface area contributed by atoms with Crippen molar-refractivity contribution in [1.82, 2.24) is 10.2 Å². The van der Waals surface area contributed by atoms with Crippen molar-refractivity contribution in [1.29, 1.82) is 0 Å². The van der Waals surface area contributed by atoms with Crippen LogP contribution in [0.5, 0.6) is 0 Å². The SMILES string of the molecule is Cc1ccccc1C1NCCN2C1CC(CCO)(CCO)C2O. The molecule has 0 amide bonds. The highest BCUT2D eigenvalue weighted by Gasteiger charge is 2.53. The van der Waals surface area contributed by atoms with Gasteiger partial charge in [-0.25, -0.2) is 0 Å². The normalized spacial score (nSPS) is 30.3. The first-order valence-corrected chi connectivity index (χ1v) is 8.57. The lowest BCUT2D eigenvalue weighted by Gasteiger charge is -2.40. The molecule has 5 heteroatoms. The molecule has 0 aromatic heterocycles. The number of benzene rings is 1. The minimum absolute atomic E-state index is 0.0417. The van der Waals surface area contributed by atoms with E-state index in [1.54, 1.807) is 0 Å². The number of aryl methyl sites for hydroxylation is 1. The van der Waals surface area contributed by atoms with E-state index in [0.29, 0.717) is 12.8 Å². The number of nitrogens with zero attached hydrogens (tertiary/aromatic N) is 1. The summed E-state index contributed by atoms with van der Waals surface area (Å²) in [5.74, 6) is 0. The van der Waals surface area contributed by atoms with Crippen molar-refractivity contribution in [3.63, 3.8) is 0 Å². The van der Waals surface area contributed by atoms with Crippen LogP contribution in [0.15, 0.2) is 24.3 Å². The zero-order chi connectivity index (χ0) is 16.4. The number of fused-ring (bicyclic) bond motifs is 1. The molecule has 0 bridgehead atoms. The Kier molecular flexibility index (Phi) is 5.04. The predicted molar refractivity (Wildman–Crippen MR) is 88.9 cm³/mol. The minimum atomic E-state index is -0.597. The van der Waals surface area contributed by atoms with Crippen LogP contribution in [-0.2, 0) is 0 Å². The zero-order valence-corrected chi connectivity index (χ0v) is 13.8. The molecular weight excluding hydrogens is 292 g/mol. The summed E-state index contributed by atoms with van der Waals surface area (Å²) in [6, 6.07) is 8.75. The van der Waals surface area contributed by atoms with Gasteiger partial charge in [-0.05, 0) is 37.3 Å². The summed E-state index contributed by atoms with van der Waals surface area (Å²) < 4.78 is 0. The lowest BCUT2D eigenvalue weighted by Crippen LogP contribution is -2.53. The van der Waals surface area contributed by atoms with Crippen molar-refractivity contribution in [2.24, 2.45) is 5.41 Å². The highest BCUT2D eigenvalue weighted by molar-refractivity contribution is 5.31. The van der Waals surface area contributed by atoms with Gasteiger partial charge in [-0.15, -0.1) is 0 Å². The van der Waals surface area contributed by atoms with Gasteiger partial charge in [0, 0.05) is 43.8 Å².